The van der Waals surface area contributed by atoms with Gasteiger partial charge in [-0.1, -0.05) is 46.9 Å². The number of halogens is 3. The number of ether oxygens (including phenoxy) is 1. The number of nitrogens with zero attached hydrogens (tertiary/aromatic N) is 1. The van der Waals surface area contributed by atoms with E-state index in [2.05, 4.69) is 0 Å². The lowest BCUT2D eigenvalue weighted by Gasteiger charge is -2.34. The number of hydrogen-bond donors (Lipinski definition) is 1. The second-order valence-electron chi connectivity index (χ2n) is 7.91. The lowest BCUT2D eigenvalue weighted by Crippen LogP contribution is -2.33. The summed E-state index contributed by atoms with van der Waals surface area (Å²) in [6.45, 7) is 3.80. The molecule has 0 amide bonds. The highest BCUT2D eigenvalue weighted by molar-refractivity contribution is 6.36. The largest absolute Gasteiger partial charge is 0.478 e. The average Bonchev–Trinajstić information content (AvgIpc) is 2.67. The van der Waals surface area contributed by atoms with Crippen molar-refractivity contribution in [2.75, 3.05) is 0 Å². The maximum absolute atomic E-state index is 11.5. The van der Waals surface area contributed by atoms with Gasteiger partial charge in [0.2, 0.25) is 5.88 Å². The molecule has 0 spiro atoms. The van der Waals surface area contributed by atoms with Crippen LogP contribution in [0.4, 0.5) is 0 Å². The van der Waals surface area contributed by atoms with E-state index < -0.39 is 11.6 Å². The quantitative estimate of drug-likeness (QED) is 0.402. The fourth-order valence-corrected chi connectivity index (χ4v) is 4.29. The summed E-state index contributed by atoms with van der Waals surface area (Å²) in [5, 5.41) is 11.0. The number of benzene rings is 2. The van der Waals surface area contributed by atoms with Crippen molar-refractivity contribution in [3.05, 3.63) is 75.2 Å². The first-order valence-electron chi connectivity index (χ1n) is 9.52. The van der Waals surface area contributed by atoms with Gasteiger partial charge in [-0.3, -0.25) is 0 Å². The molecule has 7 heteroatoms. The third-order valence-corrected chi connectivity index (χ3v) is 5.76. The van der Waals surface area contributed by atoms with E-state index in [9.17, 15) is 9.90 Å². The highest BCUT2D eigenvalue weighted by Crippen LogP contribution is 2.45. The molecule has 0 radical (unpaired) electrons. The monoisotopic (exact) mass is 473 g/mol. The highest BCUT2D eigenvalue weighted by atomic mass is 35.5. The van der Waals surface area contributed by atoms with Crippen LogP contribution in [0.1, 0.15) is 25.8 Å². The van der Waals surface area contributed by atoms with Crippen LogP contribution < -0.4 is 4.74 Å². The lowest BCUT2D eigenvalue weighted by atomic mass is 9.88. The second kappa shape index (κ2) is 8.19. The van der Waals surface area contributed by atoms with Crippen LogP contribution in [-0.4, -0.2) is 21.7 Å². The Kier molecular flexibility index (Phi) is 5.73. The van der Waals surface area contributed by atoms with Crippen LogP contribution in [0.25, 0.3) is 28.0 Å². The summed E-state index contributed by atoms with van der Waals surface area (Å²) in [7, 11) is 0. The Balaban J connectivity index is 2.02. The van der Waals surface area contributed by atoms with Crippen molar-refractivity contribution in [1.82, 2.24) is 4.98 Å². The molecule has 1 aliphatic heterocycles. The van der Waals surface area contributed by atoms with E-state index >= 15 is 0 Å². The summed E-state index contributed by atoms with van der Waals surface area (Å²) in [5.74, 6) is -0.654. The van der Waals surface area contributed by atoms with Crippen LogP contribution in [0.2, 0.25) is 15.1 Å². The van der Waals surface area contributed by atoms with Gasteiger partial charge in [0.25, 0.3) is 0 Å². The molecule has 4 nitrogen and oxygen atoms in total. The zero-order valence-electron chi connectivity index (χ0n) is 16.7. The Hall–Kier alpha value is -2.53. The van der Waals surface area contributed by atoms with E-state index in [-0.39, 0.29) is 0 Å². The average molecular weight is 475 g/mol. The molecule has 1 aromatic heterocycles. The van der Waals surface area contributed by atoms with Crippen molar-refractivity contribution in [2.24, 2.45) is 0 Å². The molecule has 0 atom stereocenters. The van der Waals surface area contributed by atoms with Crippen LogP contribution >= 0.6 is 34.8 Å². The van der Waals surface area contributed by atoms with Crippen LogP contribution in [0, 0.1) is 0 Å². The molecular weight excluding hydrogens is 457 g/mol. The van der Waals surface area contributed by atoms with Crippen molar-refractivity contribution in [3.8, 4) is 28.3 Å². The minimum atomic E-state index is -1.02. The Morgan fingerprint density at radius 1 is 1.00 bits per heavy atom. The van der Waals surface area contributed by atoms with Crippen LogP contribution in [0.3, 0.4) is 0 Å². The summed E-state index contributed by atoms with van der Waals surface area (Å²) < 4.78 is 6.13. The van der Waals surface area contributed by atoms with Gasteiger partial charge < -0.3 is 9.84 Å². The smallest absolute Gasteiger partial charge is 0.328 e. The zero-order chi connectivity index (χ0) is 22.3. The molecule has 2 aromatic carbocycles. The number of fused-ring (bicyclic) bond motifs is 1. The third-order valence-electron chi connectivity index (χ3n) is 4.96. The van der Waals surface area contributed by atoms with E-state index in [1.165, 1.54) is 6.08 Å². The van der Waals surface area contributed by atoms with Gasteiger partial charge in [0, 0.05) is 39.2 Å². The van der Waals surface area contributed by atoms with Gasteiger partial charge in [0.15, 0.2) is 0 Å². The summed E-state index contributed by atoms with van der Waals surface area (Å²) in [5.41, 5.74) is 3.62. The molecule has 0 bridgehead atoms. The van der Waals surface area contributed by atoms with Crippen molar-refractivity contribution < 1.29 is 14.6 Å². The van der Waals surface area contributed by atoms with Crippen LogP contribution in [0.5, 0.6) is 5.88 Å². The van der Waals surface area contributed by atoms with E-state index in [1.54, 1.807) is 30.3 Å². The molecule has 0 aliphatic carbocycles. The van der Waals surface area contributed by atoms with Gasteiger partial charge in [0.1, 0.15) is 5.60 Å². The third kappa shape index (κ3) is 4.57. The summed E-state index contributed by atoms with van der Waals surface area (Å²) in [6.07, 6.45) is 1.65. The second-order valence-corrected chi connectivity index (χ2v) is 9.19. The molecule has 158 valence electrons. The topological polar surface area (TPSA) is 59.4 Å². The number of aliphatic carboxylic acids is 1. The number of carboxylic acid groups (broad SMARTS) is 1. The van der Waals surface area contributed by atoms with Gasteiger partial charge in [0.05, 0.1) is 10.7 Å². The molecule has 31 heavy (non-hydrogen) atoms. The molecule has 0 unspecified atom stereocenters. The molecule has 0 fully saturated rings. The van der Waals surface area contributed by atoms with Gasteiger partial charge in [-0.25, -0.2) is 9.78 Å². The van der Waals surface area contributed by atoms with Gasteiger partial charge in [-0.15, -0.1) is 0 Å². The molecule has 0 saturated carbocycles. The minimum absolute atomic E-state index is 0.363. The molecule has 0 saturated heterocycles. The maximum atomic E-state index is 11.5. The fraction of sp³-hybridized carbons (Fsp3) is 0.167. The zero-order valence-corrected chi connectivity index (χ0v) is 19.0. The van der Waals surface area contributed by atoms with E-state index in [0.717, 1.165) is 11.1 Å². The van der Waals surface area contributed by atoms with Gasteiger partial charge in [-0.2, -0.15) is 0 Å². The highest BCUT2D eigenvalue weighted by Gasteiger charge is 2.33. The van der Waals surface area contributed by atoms with E-state index in [1.807, 2.05) is 32.0 Å². The Morgan fingerprint density at radius 2 is 1.68 bits per heavy atom. The molecule has 4 rings (SSSR count). The van der Waals surface area contributed by atoms with E-state index in [4.69, 9.17) is 44.5 Å². The minimum Gasteiger partial charge on any atom is -0.478 e. The first-order valence-corrected chi connectivity index (χ1v) is 10.7. The predicted molar refractivity (Wildman–Crippen MR) is 125 cm³/mol. The van der Waals surface area contributed by atoms with E-state index in [0.29, 0.717) is 49.8 Å². The maximum Gasteiger partial charge on any atom is 0.328 e. The van der Waals surface area contributed by atoms with Gasteiger partial charge >= 0.3 is 5.97 Å². The van der Waals surface area contributed by atoms with Gasteiger partial charge in [-0.05, 0) is 61.4 Å². The molecule has 2 heterocycles. The number of pyridine rings is 1. The van der Waals surface area contributed by atoms with Crippen LogP contribution in [-0.2, 0) is 4.79 Å². The summed E-state index contributed by atoms with van der Waals surface area (Å²) in [6, 6.07) is 14.5. The first-order chi connectivity index (χ1) is 14.6. The Bertz CT molecular complexity index is 1220. The molecule has 1 N–H and O–H groups in total. The number of aromatic nitrogens is 1. The molecular formula is C24H18Cl3NO3. The summed E-state index contributed by atoms with van der Waals surface area (Å²) in [4.78, 5) is 16.3. The number of hydrogen-bond acceptors (Lipinski definition) is 3. The Labute approximate surface area is 195 Å². The fourth-order valence-electron chi connectivity index (χ4n) is 3.67. The standard InChI is InChI=1S/C24H18Cl3NO3/c1-24(2)12-14(9-21(29)30)19-11-18(13-3-5-15(25)6-4-13)22(28-23(19)31-24)17-8-7-16(26)10-20(17)27/h3-11H,12H2,1-2H3,(H,29,30)/b14-9+. The van der Waals surface area contributed by atoms with Crippen molar-refractivity contribution >= 4 is 46.3 Å². The number of carboxylic acids is 1. The van der Waals surface area contributed by atoms with Crippen molar-refractivity contribution in [3.63, 3.8) is 0 Å². The van der Waals surface area contributed by atoms with Crippen molar-refractivity contribution in [2.45, 2.75) is 25.9 Å². The predicted octanol–water partition coefficient (Wildman–Crippen LogP) is 7.40. The molecule has 3 aromatic rings. The van der Waals surface area contributed by atoms with Crippen LogP contribution in [0.15, 0.2) is 54.6 Å². The normalized spacial score (nSPS) is 16.0. The number of rotatable bonds is 3. The number of carbonyl (C=O) groups is 1. The summed E-state index contributed by atoms with van der Waals surface area (Å²) >= 11 is 18.7. The first kappa shape index (κ1) is 21.7. The molecule has 1 aliphatic rings. The van der Waals surface area contributed by atoms with Crippen molar-refractivity contribution in [1.29, 1.82) is 0 Å². The lowest BCUT2D eigenvalue weighted by molar-refractivity contribution is -0.131. The Morgan fingerprint density at radius 3 is 2.32 bits per heavy atom. The SMILES string of the molecule is CC1(C)C/C(=C\C(=O)O)c2cc(-c3ccc(Cl)cc3)c(-c3ccc(Cl)cc3Cl)nc2O1.